The maximum atomic E-state index is 12.9. The van der Waals surface area contributed by atoms with Crippen LogP contribution in [0.15, 0.2) is 36.4 Å². The smallest absolute Gasteiger partial charge is 0.229 e. The lowest BCUT2D eigenvalue weighted by Crippen LogP contribution is -2.28. The van der Waals surface area contributed by atoms with Gasteiger partial charge >= 0.3 is 0 Å². The first-order valence-electron chi connectivity index (χ1n) is 10.0. The van der Waals surface area contributed by atoms with Gasteiger partial charge in [0.2, 0.25) is 17.6 Å². The van der Waals surface area contributed by atoms with Crippen molar-refractivity contribution in [1.82, 2.24) is 4.90 Å². The Morgan fingerprint density at radius 1 is 1.10 bits per heavy atom. The summed E-state index contributed by atoms with van der Waals surface area (Å²) in [5, 5.41) is 3.00. The van der Waals surface area contributed by atoms with E-state index in [1.54, 1.807) is 17.0 Å². The molecule has 0 bridgehead atoms. The van der Waals surface area contributed by atoms with Crippen molar-refractivity contribution in [2.24, 2.45) is 5.92 Å². The molecule has 1 fully saturated rings. The summed E-state index contributed by atoms with van der Waals surface area (Å²) in [5.74, 6) is 0.599. The highest BCUT2D eigenvalue weighted by Crippen LogP contribution is 2.42. The zero-order valence-electron chi connectivity index (χ0n) is 18.6. The van der Waals surface area contributed by atoms with E-state index in [2.05, 4.69) is 5.32 Å². The second-order valence-corrected chi connectivity index (χ2v) is 7.67. The Morgan fingerprint density at radius 3 is 2.32 bits per heavy atom. The Morgan fingerprint density at radius 2 is 1.74 bits per heavy atom. The third kappa shape index (κ3) is 4.91. The molecule has 3 rings (SSSR count). The predicted molar refractivity (Wildman–Crippen MR) is 119 cm³/mol. The fraction of sp³-hybridized carbons (Fsp3) is 0.391. The molecule has 1 N–H and O–H groups in total. The van der Waals surface area contributed by atoms with Gasteiger partial charge in [-0.05, 0) is 25.7 Å². The van der Waals surface area contributed by atoms with Gasteiger partial charge in [-0.3, -0.25) is 9.59 Å². The summed E-state index contributed by atoms with van der Waals surface area (Å²) in [6.45, 7) is 0.983. The standard InChI is InChI=1S/C23H29N3O5/c1-25(2)13-15-8-6-7-9-18(15)24-23(28)16-10-21(27)26(14-16)17-11-19(29-3)22(31-5)20(12-17)30-4/h6-9,11-12,16H,10,13-14H2,1-5H3,(H,24,28). The van der Waals surface area contributed by atoms with Crippen LogP contribution >= 0.6 is 0 Å². The normalized spacial score (nSPS) is 15.9. The largest absolute Gasteiger partial charge is 0.493 e. The summed E-state index contributed by atoms with van der Waals surface area (Å²) < 4.78 is 16.1. The second kappa shape index (κ2) is 9.70. The van der Waals surface area contributed by atoms with E-state index in [-0.39, 0.29) is 24.8 Å². The molecule has 31 heavy (non-hydrogen) atoms. The van der Waals surface area contributed by atoms with E-state index in [1.807, 2.05) is 43.3 Å². The predicted octanol–water partition coefficient (Wildman–Crippen LogP) is 2.77. The number of hydrogen-bond donors (Lipinski definition) is 1. The van der Waals surface area contributed by atoms with Gasteiger partial charge in [0.1, 0.15) is 0 Å². The number of ether oxygens (including phenoxy) is 3. The van der Waals surface area contributed by atoms with E-state index in [1.165, 1.54) is 21.3 Å². The summed E-state index contributed by atoms with van der Waals surface area (Å²) in [5.41, 5.74) is 2.38. The number of carbonyl (C=O) groups excluding carboxylic acids is 2. The van der Waals surface area contributed by atoms with Crippen LogP contribution < -0.4 is 24.4 Å². The van der Waals surface area contributed by atoms with Crippen molar-refractivity contribution in [2.45, 2.75) is 13.0 Å². The summed E-state index contributed by atoms with van der Waals surface area (Å²) in [7, 11) is 8.52. The van der Waals surface area contributed by atoms with Gasteiger partial charge in [0, 0.05) is 37.3 Å². The van der Waals surface area contributed by atoms with Gasteiger partial charge < -0.3 is 29.3 Å². The Kier molecular flexibility index (Phi) is 7.02. The fourth-order valence-corrected chi connectivity index (χ4v) is 3.71. The topological polar surface area (TPSA) is 80.3 Å². The zero-order valence-corrected chi connectivity index (χ0v) is 18.6. The van der Waals surface area contributed by atoms with E-state index in [4.69, 9.17) is 14.2 Å². The minimum Gasteiger partial charge on any atom is -0.493 e. The van der Waals surface area contributed by atoms with Gasteiger partial charge in [0.15, 0.2) is 11.5 Å². The average molecular weight is 428 g/mol. The highest BCUT2D eigenvalue weighted by Gasteiger charge is 2.36. The third-order valence-electron chi connectivity index (χ3n) is 5.22. The molecular formula is C23H29N3O5. The second-order valence-electron chi connectivity index (χ2n) is 7.67. The van der Waals surface area contributed by atoms with Gasteiger partial charge in [-0.15, -0.1) is 0 Å². The minimum atomic E-state index is -0.459. The molecule has 0 aromatic heterocycles. The van der Waals surface area contributed by atoms with Gasteiger partial charge in [-0.1, -0.05) is 18.2 Å². The van der Waals surface area contributed by atoms with Crippen molar-refractivity contribution in [3.8, 4) is 17.2 Å². The highest BCUT2D eigenvalue weighted by molar-refractivity contribution is 6.04. The maximum Gasteiger partial charge on any atom is 0.229 e. The van der Waals surface area contributed by atoms with Crippen LogP contribution in [0.2, 0.25) is 0 Å². The van der Waals surface area contributed by atoms with Crippen molar-refractivity contribution in [1.29, 1.82) is 0 Å². The van der Waals surface area contributed by atoms with E-state index < -0.39 is 5.92 Å². The summed E-state index contributed by atoms with van der Waals surface area (Å²) in [6.07, 6.45) is 0.137. The molecule has 1 unspecified atom stereocenters. The number of hydrogen-bond acceptors (Lipinski definition) is 6. The molecule has 2 aromatic rings. The van der Waals surface area contributed by atoms with Crippen molar-refractivity contribution >= 4 is 23.2 Å². The molecule has 166 valence electrons. The number of nitrogens with zero attached hydrogens (tertiary/aromatic N) is 2. The first kappa shape index (κ1) is 22.4. The molecule has 0 aliphatic carbocycles. The van der Waals surface area contributed by atoms with Crippen LogP contribution in [-0.4, -0.2) is 58.7 Å². The van der Waals surface area contributed by atoms with Crippen LogP contribution in [0.5, 0.6) is 17.2 Å². The number of rotatable bonds is 8. The molecule has 2 aromatic carbocycles. The molecule has 1 atom stereocenters. The number of carbonyl (C=O) groups is 2. The zero-order chi connectivity index (χ0) is 22.5. The Bertz CT molecular complexity index is 935. The molecule has 0 radical (unpaired) electrons. The SMILES string of the molecule is COc1cc(N2CC(C(=O)Nc3ccccc3CN(C)C)CC2=O)cc(OC)c1OC. The van der Waals surface area contributed by atoms with Gasteiger partial charge in [-0.2, -0.15) is 0 Å². The Hall–Kier alpha value is -3.26. The highest BCUT2D eigenvalue weighted by atomic mass is 16.5. The van der Waals surface area contributed by atoms with Crippen LogP contribution in [0.25, 0.3) is 0 Å². The van der Waals surface area contributed by atoms with E-state index in [9.17, 15) is 9.59 Å². The van der Waals surface area contributed by atoms with Crippen LogP contribution in [0, 0.1) is 5.92 Å². The lowest BCUT2D eigenvalue weighted by atomic mass is 10.1. The van der Waals surface area contributed by atoms with E-state index in [0.717, 1.165) is 11.3 Å². The number of benzene rings is 2. The molecule has 2 amide bonds. The first-order chi connectivity index (χ1) is 14.9. The number of methoxy groups -OCH3 is 3. The molecule has 8 nitrogen and oxygen atoms in total. The first-order valence-corrected chi connectivity index (χ1v) is 10.0. The molecule has 1 aliphatic rings. The van der Waals surface area contributed by atoms with Crippen molar-refractivity contribution < 1.29 is 23.8 Å². The molecule has 1 heterocycles. The summed E-state index contributed by atoms with van der Waals surface area (Å²) in [6, 6.07) is 11.1. The number of anilines is 2. The molecule has 0 saturated carbocycles. The maximum absolute atomic E-state index is 12.9. The lowest BCUT2D eigenvalue weighted by Gasteiger charge is -2.20. The Labute approximate surface area is 182 Å². The molecular weight excluding hydrogens is 398 g/mol. The molecule has 0 spiro atoms. The van der Waals surface area contributed by atoms with E-state index >= 15 is 0 Å². The lowest BCUT2D eigenvalue weighted by molar-refractivity contribution is -0.122. The number of amides is 2. The molecule has 1 aliphatic heterocycles. The van der Waals surface area contributed by atoms with Crippen molar-refractivity contribution in [2.75, 3.05) is 52.2 Å². The minimum absolute atomic E-state index is 0.129. The summed E-state index contributed by atoms with van der Waals surface area (Å²) >= 11 is 0. The van der Waals surface area contributed by atoms with Crippen LogP contribution in [0.4, 0.5) is 11.4 Å². The monoisotopic (exact) mass is 427 g/mol. The third-order valence-corrected chi connectivity index (χ3v) is 5.22. The van der Waals surface area contributed by atoms with Gasteiger partial charge in [0.25, 0.3) is 0 Å². The van der Waals surface area contributed by atoms with Crippen LogP contribution in [0.1, 0.15) is 12.0 Å². The number of para-hydroxylation sites is 1. The number of nitrogens with one attached hydrogen (secondary N) is 1. The quantitative estimate of drug-likeness (QED) is 0.698. The van der Waals surface area contributed by atoms with Crippen LogP contribution in [-0.2, 0) is 16.1 Å². The average Bonchev–Trinajstić information content (AvgIpc) is 3.15. The van der Waals surface area contributed by atoms with E-state index in [0.29, 0.717) is 29.5 Å². The molecule has 8 heteroatoms. The molecule has 1 saturated heterocycles. The summed E-state index contributed by atoms with van der Waals surface area (Å²) in [4.78, 5) is 29.3. The van der Waals surface area contributed by atoms with Crippen molar-refractivity contribution in [3.05, 3.63) is 42.0 Å². The van der Waals surface area contributed by atoms with Gasteiger partial charge in [0.05, 0.1) is 32.9 Å². The fourth-order valence-electron chi connectivity index (χ4n) is 3.71. The van der Waals surface area contributed by atoms with Gasteiger partial charge in [-0.25, -0.2) is 0 Å². The van der Waals surface area contributed by atoms with Crippen molar-refractivity contribution in [3.63, 3.8) is 0 Å². The Balaban J connectivity index is 1.79. The van der Waals surface area contributed by atoms with Crippen LogP contribution in [0.3, 0.4) is 0 Å².